The summed E-state index contributed by atoms with van der Waals surface area (Å²) in [6, 6.07) is 9.63. The summed E-state index contributed by atoms with van der Waals surface area (Å²) in [5.41, 5.74) is 0.0690. The number of guanidine groups is 1. The minimum Gasteiger partial charge on any atom is -0.384 e. The van der Waals surface area contributed by atoms with Gasteiger partial charge >= 0.3 is 0 Å². The molecule has 1 aliphatic rings. The molecule has 1 aromatic rings. The molecule has 1 fully saturated rings. The van der Waals surface area contributed by atoms with Crippen LogP contribution >= 0.6 is 24.0 Å². The molecule has 1 aliphatic heterocycles. The van der Waals surface area contributed by atoms with Crippen LogP contribution in [0.4, 0.5) is 0 Å². The molecule has 1 aromatic carbocycles. The van der Waals surface area contributed by atoms with E-state index in [4.69, 9.17) is 4.74 Å². The van der Waals surface area contributed by atoms with Crippen LogP contribution in [0.5, 0.6) is 0 Å². The highest BCUT2D eigenvalue weighted by atomic mass is 127. The summed E-state index contributed by atoms with van der Waals surface area (Å²) in [4.78, 5) is 4.53. The summed E-state index contributed by atoms with van der Waals surface area (Å²) >= 11 is 0. The third kappa shape index (κ3) is 5.93. The van der Waals surface area contributed by atoms with Crippen molar-refractivity contribution in [3.8, 4) is 0 Å². The van der Waals surface area contributed by atoms with Crippen LogP contribution in [-0.4, -0.2) is 43.9 Å². The van der Waals surface area contributed by atoms with Crippen LogP contribution in [0.1, 0.15) is 26.3 Å². The fraction of sp³-hybridized carbons (Fsp3) is 0.588. The molecule has 3 N–H and O–H groups in total. The second-order valence-corrected chi connectivity index (χ2v) is 6.49. The molecule has 0 bridgehead atoms. The van der Waals surface area contributed by atoms with Gasteiger partial charge in [0.1, 0.15) is 5.60 Å². The van der Waals surface area contributed by atoms with E-state index >= 15 is 0 Å². The molecule has 130 valence electrons. The Bertz CT molecular complexity index is 502. The molecule has 23 heavy (non-hydrogen) atoms. The number of nitrogens with zero attached hydrogens (tertiary/aromatic N) is 1. The summed E-state index contributed by atoms with van der Waals surface area (Å²) in [5, 5.41) is 17.2. The lowest BCUT2D eigenvalue weighted by Gasteiger charge is -2.38. The zero-order valence-corrected chi connectivity index (χ0v) is 16.5. The smallest absolute Gasteiger partial charge is 0.191 e. The predicted octanol–water partition coefficient (Wildman–Crippen LogP) is 2.10. The Labute approximate surface area is 155 Å². The summed E-state index contributed by atoms with van der Waals surface area (Å²) in [6.45, 7) is 9.46. The summed E-state index contributed by atoms with van der Waals surface area (Å²) < 4.78 is 5.26. The second-order valence-electron chi connectivity index (χ2n) is 6.49. The number of ether oxygens (including phenoxy) is 1. The minimum absolute atomic E-state index is 0. The van der Waals surface area contributed by atoms with Crippen LogP contribution in [0, 0.1) is 5.41 Å². The molecule has 6 heteroatoms. The SMILES string of the molecule is CCNC(=NCC(C)(O)c1ccccc1)NCC1(C)COC1.I. The van der Waals surface area contributed by atoms with Gasteiger partial charge in [-0.3, -0.25) is 0 Å². The number of rotatable bonds is 6. The zero-order valence-electron chi connectivity index (χ0n) is 14.1. The van der Waals surface area contributed by atoms with E-state index in [0.29, 0.717) is 6.54 Å². The molecular weight excluding hydrogens is 405 g/mol. The van der Waals surface area contributed by atoms with E-state index in [2.05, 4.69) is 22.5 Å². The van der Waals surface area contributed by atoms with Crippen molar-refractivity contribution < 1.29 is 9.84 Å². The monoisotopic (exact) mass is 433 g/mol. The van der Waals surface area contributed by atoms with Crippen molar-refractivity contribution in [2.75, 3.05) is 32.8 Å². The van der Waals surface area contributed by atoms with Gasteiger partial charge in [-0.2, -0.15) is 0 Å². The maximum Gasteiger partial charge on any atom is 0.191 e. The molecule has 0 saturated carbocycles. The lowest BCUT2D eigenvalue weighted by Crippen LogP contribution is -2.51. The average molecular weight is 433 g/mol. The normalized spacial score (nSPS) is 19.0. The van der Waals surface area contributed by atoms with Gasteiger partial charge in [-0.1, -0.05) is 37.3 Å². The lowest BCUT2D eigenvalue weighted by molar-refractivity contribution is -0.0971. The van der Waals surface area contributed by atoms with E-state index in [-0.39, 0.29) is 29.4 Å². The van der Waals surface area contributed by atoms with Gasteiger partial charge < -0.3 is 20.5 Å². The van der Waals surface area contributed by atoms with E-state index in [9.17, 15) is 5.11 Å². The Morgan fingerprint density at radius 1 is 1.30 bits per heavy atom. The summed E-state index contributed by atoms with van der Waals surface area (Å²) in [5.74, 6) is 0.729. The molecule has 1 unspecified atom stereocenters. The first-order chi connectivity index (χ1) is 10.5. The van der Waals surface area contributed by atoms with E-state index in [0.717, 1.165) is 37.8 Å². The number of hydrogen-bond donors (Lipinski definition) is 3. The van der Waals surface area contributed by atoms with Crippen molar-refractivity contribution in [2.45, 2.75) is 26.4 Å². The van der Waals surface area contributed by atoms with E-state index in [1.165, 1.54) is 0 Å². The van der Waals surface area contributed by atoms with Gasteiger partial charge in [-0.05, 0) is 19.4 Å². The third-order valence-corrected chi connectivity index (χ3v) is 3.87. The van der Waals surface area contributed by atoms with Gasteiger partial charge in [0.15, 0.2) is 5.96 Å². The van der Waals surface area contributed by atoms with Crippen molar-refractivity contribution in [1.29, 1.82) is 0 Å². The molecule has 1 heterocycles. The Balaban J connectivity index is 0.00000264. The molecule has 1 saturated heterocycles. The molecule has 2 rings (SSSR count). The van der Waals surface area contributed by atoms with Crippen molar-refractivity contribution >= 4 is 29.9 Å². The highest BCUT2D eigenvalue weighted by molar-refractivity contribution is 14.0. The van der Waals surface area contributed by atoms with Gasteiger partial charge in [0, 0.05) is 18.5 Å². The lowest BCUT2D eigenvalue weighted by atomic mass is 9.89. The second kappa shape index (κ2) is 8.84. The highest BCUT2D eigenvalue weighted by Crippen LogP contribution is 2.25. The number of halogens is 1. The zero-order chi connectivity index (χ0) is 16.1. The number of nitrogens with one attached hydrogen (secondary N) is 2. The van der Waals surface area contributed by atoms with Crippen LogP contribution in [0.2, 0.25) is 0 Å². The molecule has 0 aromatic heterocycles. The summed E-state index contributed by atoms with van der Waals surface area (Å²) in [7, 11) is 0. The first-order valence-corrected chi connectivity index (χ1v) is 7.83. The quantitative estimate of drug-likeness (QED) is 0.365. The molecule has 0 amide bonds. The van der Waals surface area contributed by atoms with E-state index in [1.54, 1.807) is 6.92 Å². The Morgan fingerprint density at radius 3 is 2.48 bits per heavy atom. The Kier molecular flexibility index (Phi) is 7.76. The average Bonchev–Trinajstić information content (AvgIpc) is 2.49. The van der Waals surface area contributed by atoms with Crippen molar-refractivity contribution in [2.24, 2.45) is 10.4 Å². The standard InChI is InChI=1S/C17H27N3O2.HI/c1-4-18-15(19-10-16(2)12-22-13-16)20-11-17(3,21)14-8-6-5-7-9-14;/h5-9,21H,4,10-13H2,1-3H3,(H2,18,19,20);1H. The van der Waals surface area contributed by atoms with Gasteiger partial charge in [0.2, 0.25) is 0 Å². The fourth-order valence-corrected chi connectivity index (χ4v) is 2.31. The van der Waals surface area contributed by atoms with Gasteiger partial charge in [0.05, 0.1) is 19.8 Å². The number of aliphatic hydroxyl groups is 1. The van der Waals surface area contributed by atoms with Crippen LogP contribution in [-0.2, 0) is 10.3 Å². The van der Waals surface area contributed by atoms with Gasteiger partial charge in [0.25, 0.3) is 0 Å². The highest BCUT2D eigenvalue weighted by Gasteiger charge is 2.33. The number of aliphatic imine (C=N–C) groups is 1. The molecule has 0 radical (unpaired) electrons. The largest absolute Gasteiger partial charge is 0.384 e. The van der Waals surface area contributed by atoms with E-state index < -0.39 is 5.60 Å². The topological polar surface area (TPSA) is 65.9 Å². The number of benzene rings is 1. The predicted molar refractivity (Wildman–Crippen MR) is 104 cm³/mol. The van der Waals surface area contributed by atoms with Gasteiger partial charge in [-0.25, -0.2) is 4.99 Å². The van der Waals surface area contributed by atoms with Crippen LogP contribution < -0.4 is 10.6 Å². The molecule has 5 nitrogen and oxygen atoms in total. The van der Waals surface area contributed by atoms with E-state index in [1.807, 2.05) is 37.3 Å². The molecule has 1 atom stereocenters. The third-order valence-electron chi connectivity index (χ3n) is 3.87. The minimum atomic E-state index is -0.979. The first kappa shape index (κ1) is 20.2. The molecule has 0 spiro atoms. The molecule has 0 aliphatic carbocycles. The maximum absolute atomic E-state index is 10.6. The van der Waals surface area contributed by atoms with Crippen LogP contribution in [0.3, 0.4) is 0 Å². The fourth-order valence-electron chi connectivity index (χ4n) is 2.31. The number of hydrogen-bond acceptors (Lipinski definition) is 3. The Morgan fingerprint density at radius 2 is 1.96 bits per heavy atom. The first-order valence-electron chi connectivity index (χ1n) is 7.83. The summed E-state index contributed by atoms with van der Waals surface area (Å²) in [6.07, 6.45) is 0. The van der Waals surface area contributed by atoms with Crippen molar-refractivity contribution in [3.05, 3.63) is 35.9 Å². The van der Waals surface area contributed by atoms with Gasteiger partial charge in [-0.15, -0.1) is 24.0 Å². The Hall–Kier alpha value is -0.860. The maximum atomic E-state index is 10.6. The van der Waals surface area contributed by atoms with Crippen LogP contribution in [0.25, 0.3) is 0 Å². The van der Waals surface area contributed by atoms with Crippen molar-refractivity contribution in [1.82, 2.24) is 10.6 Å². The van der Waals surface area contributed by atoms with Crippen molar-refractivity contribution in [3.63, 3.8) is 0 Å². The van der Waals surface area contributed by atoms with Crippen LogP contribution in [0.15, 0.2) is 35.3 Å². The molecular formula is C17H28IN3O2.